The third-order valence-electron chi connectivity index (χ3n) is 3.29. The summed E-state index contributed by atoms with van der Waals surface area (Å²) < 4.78 is 5.21. The van der Waals surface area contributed by atoms with Crippen molar-refractivity contribution in [3.63, 3.8) is 0 Å². The van der Waals surface area contributed by atoms with Gasteiger partial charge in [-0.1, -0.05) is 0 Å². The SMILES string of the molecule is O=C(c1cnc(NCc2ccco2)cn1)N1CCCC1. The Labute approximate surface area is 116 Å². The lowest BCUT2D eigenvalue weighted by molar-refractivity contribution is 0.0786. The van der Waals surface area contributed by atoms with Crippen LogP contribution >= 0.6 is 0 Å². The maximum Gasteiger partial charge on any atom is 0.274 e. The van der Waals surface area contributed by atoms with E-state index < -0.39 is 0 Å². The molecule has 2 aromatic heterocycles. The maximum absolute atomic E-state index is 12.1. The van der Waals surface area contributed by atoms with Crippen LogP contribution in [0.1, 0.15) is 29.1 Å². The normalized spacial score (nSPS) is 14.5. The summed E-state index contributed by atoms with van der Waals surface area (Å²) >= 11 is 0. The fourth-order valence-corrected chi connectivity index (χ4v) is 2.20. The second-order valence-corrected chi connectivity index (χ2v) is 4.72. The zero-order chi connectivity index (χ0) is 13.8. The number of carbonyl (C=O) groups is 1. The minimum atomic E-state index is -0.0346. The number of amides is 1. The van der Waals surface area contributed by atoms with Gasteiger partial charge >= 0.3 is 0 Å². The predicted molar refractivity (Wildman–Crippen MR) is 73.2 cm³/mol. The van der Waals surface area contributed by atoms with E-state index in [0.717, 1.165) is 31.7 Å². The van der Waals surface area contributed by atoms with Crippen molar-refractivity contribution in [2.75, 3.05) is 18.4 Å². The predicted octanol–water partition coefficient (Wildman–Crippen LogP) is 1.92. The molecule has 0 aliphatic carbocycles. The summed E-state index contributed by atoms with van der Waals surface area (Å²) in [5.74, 6) is 1.41. The Hall–Kier alpha value is -2.37. The van der Waals surface area contributed by atoms with E-state index in [-0.39, 0.29) is 5.91 Å². The van der Waals surface area contributed by atoms with Gasteiger partial charge in [-0.2, -0.15) is 0 Å². The monoisotopic (exact) mass is 272 g/mol. The van der Waals surface area contributed by atoms with E-state index in [2.05, 4.69) is 15.3 Å². The Bertz CT molecular complexity index is 559. The highest BCUT2D eigenvalue weighted by Gasteiger charge is 2.20. The number of hydrogen-bond donors (Lipinski definition) is 1. The average molecular weight is 272 g/mol. The first-order valence-electron chi connectivity index (χ1n) is 6.70. The molecule has 1 aliphatic heterocycles. The number of nitrogens with zero attached hydrogens (tertiary/aromatic N) is 3. The van der Waals surface area contributed by atoms with Crippen molar-refractivity contribution < 1.29 is 9.21 Å². The molecule has 6 heteroatoms. The fourth-order valence-electron chi connectivity index (χ4n) is 2.20. The first-order valence-corrected chi connectivity index (χ1v) is 6.70. The highest BCUT2D eigenvalue weighted by molar-refractivity contribution is 5.92. The molecule has 1 fully saturated rings. The van der Waals surface area contributed by atoms with Crippen LogP contribution in [0.4, 0.5) is 5.82 Å². The molecule has 0 saturated carbocycles. The smallest absolute Gasteiger partial charge is 0.274 e. The Morgan fingerprint density at radius 1 is 1.30 bits per heavy atom. The van der Waals surface area contributed by atoms with Gasteiger partial charge in [-0.3, -0.25) is 4.79 Å². The zero-order valence-corrected chi connectivity index (χ0v) is 11.1. The minimum Gasteiger partial charge on any atom is -0.467 e. The quantitative estimate of drug-likeness (QED) is 0.920. The summed E-state index contributed by atoms with van der Waals surface area (Å²) in [6.07, 6.45) is 6.86. The van der Waals surface area contributed by atoms with E-state index in [0.29, 0.717) is 18.1 Å². The number of carbonyl (C=O) groups excluding carboxylic acids is 1. The van der Waals surface area contributed by atoms with Crippen LogP contribution in [0.2, 0.25) is 0 Å². The Kier molecular flexibility index (Phi) is 3.62. The van der Waals surface area contributed by atoms with E-state index in [1.54, 1.807) is 12.5 Å². The molecule has 20 heavy (non-hydrogen) atoms. The molecule has 3 rings (SSSR count). The summed E-state index contributed by atoms with van der Waals surface area (Å²) in [5.41, 5.74) is 0.399. The van der Waals surface area contributed by atoms with Gasteiger partial charge in [0.05, 0.1) is 25.2 Å². The van der Waals surface area contributed by atoms with Crippen molar-refractivity contribution in [2.24, 2.45) is 0 Å². The third kappa shape index (κ3) is 2.79. The lowest BCUT2D eigenvalue weighted by Gasteiger charge is -2.14. The topological polar surface area (TPSA) is 71.3 Å². The van der Waals surface area contributed by atoms with Crippen LogP contribution in [0.25, 0.3) is 0 Å². The highest BCUT2D eigenvalue weighted by atomic mass is 16.3. The lowest BCUT2D eigenvalue weighted by Crippen LogP contribution is -2.28. The summed E-state index contributed by atoms with van der Waals surface area (Å²) in [4.78, 5) is 22.3. The number of nitrogens with one attached hydrogen (secondary N) is 1. The van der Waals surface area contributed by atoms with Gasteiger partial charge in [-0.25, -0.2) is 9.97 Å². The van der Waals surface area contributed by atoms with Crippen LogP contribution in [0.5, 0.6) is 0 Å². The van der Waals surface area contributed by atoms with Gasteiger partial charge in [-0.15, -0.1) is 0 Å². The van der Waals surface area contributed by atoms with Crippen molar-refractivity contribution in [1.82, 2.24) is 14.9 Å². The second-order valence-electron chi connectivity index (χ2n) is 4.72. The van der Waals surface area contributed by atoms with Crippen LogP contribution in [0.3, 0.4) is 0 Å². The summed E-state index contributed by atoms with van der Waals surface area (Å²) in [6.45, 7) is 2.18. The largest absolute Gasteiger partial charge is 0.467 e. The van der Waals surface area contributed by atoms with Crippen molar-refractivity contribution in [2.45, 2.75) is 19.4 Å². The molecule has 1 aliphatic rings. The van der Waals surface area contributed by atoms with Crippen molar-refractivity contribution in [3.8, 4) is 0 Å². The summed E-state index contributed by atoms with van der Waals surface area (Å²) in [7, 11) is 0. The molecule has 3 heterocycles. The third-order valence-corrected chi connectivity index (χ3v) is 3.29. The van der Waals surface area contributed by atoms with Crippen LogP contribution in [-0.2, 0) is 6.54 Å². The van der Waals surface area contributed by atoms with Crippen molar-refractivity contribution in [3.05, 3.63) is 42.2 Å². The standard InChI is InChI=1S/C14H16N4O2/c19-14(18-5-1-2-6-18)12-9-17-13(10-15-12)16-8-11-4-3-7-20-11/h3-4,7,9-10H,1-2,5-6,8H2,(H,16,17). The van der Waals surface area contributed by atoms with Crippen LogP contribution in [-0.4, -0.2) is 33.9 Å². The molecule has 0 spiro atoms. The lowest BCUT2D eigenvalue weighted by atomic mass is 10.4. The van der Waals surface area contributed by atoms with E-state index >= 15 is 0 Å². The molecule has 1 amide bonds. The summed E-state index contributed by atoms with van der Waals surface area (Å²) in [6, 6.07) is 3.71. The van der Waals surface area contributed by atoms with Gasteiger partial charge in [0, 0.05) is 13.1 Å². The number of furan rings is 1. The van der Waals surface area contributed by atoms with Crippen LogP contribution in [0, 0.1) is 0 Å². The molecule has 0 radical (unpaired) electrons. The van der Waals surface area contributed by atoms with Crippen molar-refractivity contribution in [1.29, 1.82) is 0 Å². The Balaban J connectivity index is 1.60. The number of anilines is 1. The van der Waals surface area contributed by atoms with E-state index in [9.17, 15) is 4.79 Å². The van der Waals surface area contributed by atoms with E-state index in [4.69, 9.17) is 4.42 Å². The van der Waals surface area contributed by atoms with Crippen molar-refractivity contribution >= 4 is 11.7 Å². The first kappa shape index (κ1) is 12.7. The van der Waals surface area contributed by atoms with E-state index in [1.807, 2.05) is 17.0 Å². The molecule has 0 bridgehead atoms. The number of likely N-dealkylation sites (tertiary alicyclic amines) is 1. The Morgan fingerprint density at radius 2 is 2.15 bits per heavy atom. The van der Waals surface area contributed by atoms with Gasteiger partial charge in [0.25, 0.3) is 5.91 Å². The molecule has 0 atom stereocenters. The van der Waals surface area contributed by atoms with Gasteiger partial charge < -0.3 is 14.6 Å². The molecule has 104 valence electrons. The first-order chi connectivity index (χ1) is 9.83. The molecule has 6 nitrogen and oxygen atoms in total. The molecule has 0 aromatic carbocycles. The Morgan fingerprint density at radius 3 is 2.80 bits per heavy atom. The van der Waals surface area contributed by atoms with Crippen LogP contribution < -0.4 is 5.32 Å². The molecular formula is C14H16N4O2. The highest BCUT2D eigenvalue weighted by Crippen LogP contribution is 2.12. The number of hydrogen-bond acceptors (Lipinski definition) is 5. The summed E-state index contributed by atoms with van der Waals surface area (Å²) in [5, 5.41) is 3.09. The van der Waals surface area contributed by atoms with Gasteiger partial charge in [0.1, 0.15) is 17.3 Å². The number of aromatic nitrogens is 2. The van der Waals surface area contributed by atoms with Crippen LogP contribution in [0.15, 0.2) is 35.2 Å². The van der Waals surface area contributed by atoms with Gasteiger partial charge in [0.2, 0.25) is 0 Å². The molecule has 1 N–H and O–H groups in total. The minimum absolute atomic E-state index is 0.0346. The molecular weight excluding hydrogens is 256 g/mol. The second kappa shape index (κ2) is 5.73. The number of rotatable bonds is 4. The van der Waals surface area contributed by atoms with E-state index in [1.165, 1.54) is 6.20 Å². The van der Waals surface area contributed by atoms with Gasteiger partial charge in [0.15, 0.2) is 0 Å². The molecule has 1 saturated heterocycles. The maximum atomic E-state index is 12.1. The average Bonchev–Trinajstić information content (AvgIpc) is 3.18. The molecule has 0 unspecified atom stereocenters. The molecule has 2 aromatic rings. The fraction of sp³-hybridized carbons (Fsp3) is 0.357. The van der Waals surface area contributed by atoms with Gasteiger partial charge in [-0.05, 0) is 25.0 Å². The zero-order valence-electron chi connectivity index (χ0n) is 11.1.